The quantitative estimate of drug-likeness (QED) is 0.596. The summed E-state index contributed by atoms with van der Waals surface area (Å²) in [4.78, 5) is 4.05. The van der Waals surface area contributed by atoms with Crippen molar-refractivity contribution < 1.29 is 5.21 Å². The highest BCUT2D eigenvalue weighted by Crippen LogP contribution is 1.96. The van der Waals surface area contributed by atoms with Gasteiger partial charge in [0, 0.05) is 6.20 Å². The van der Waals surface area contributed by atoms with Crippen molar-refractivity contribution >= 4 is 0 Å². The largest absolute Gasteiger partial charge is 0.316 e. The Labute approximate surface area is 59.7 Å². The summed E-state index contributed by atoms with van der Waals surface area (Å²) in [7, 11) is 0. The third-order valence-corrected chi connectivity index (χ3v) is 1.23. The Hall–Kier alpha value is -0.930. The molecule has 0 spiro atoms. The van der Waals surface area contributed by atoms with Gasteiger partial charge in [-0.15, -0.1) is 0 Å². The maximum Gasteiger partial charge on any atom is 0.0631 e. The maximum atomic E-state index is 8.30. The van der Waals surface area contributed by atoms with Crippen LogP contribution in [0.15, 0.2) is 18.3 Å². The second-order valence-electron chi connectivity index (χ2n) is 2.16. The topological polar surface area (TPSA) is 45.1 Å². The first kappa shape index (κ1) is 7.18. The summed E-state index contributed by atoms with van der Waals surface area (Å²) in [5.41, 5.74) is 4.01. The van der Waals surface area contributed by atoms with Gasteiger partial charge in [0.05, 0.1) is 12.2 Å². The number of aromatic nitrogens is 1. The van der Waals surface area contributed by atoms with Gasteiger partial charge < -0.3 is 5.21 Å². The summed E-state index contributed by atoms with van der Waals surface area (Å²) in [6.07, 6.45) is 1.77. The van der Waals surface area contributed by atoms with Crippen LogP contribution in [0.3, 0.4) is 0 Å². The van der Waals surface area contributed by atoms with Gasteiger partial charge in [0.2, 0.25) is 0 Å². The number of hydrogen-bond donors (Lipinski definition) is 2. The lowest BCUT2D eigenvalue weighted by Gasteiger charge is -1.96. The zero-order valence-electron chi connectivity index (χ0n) is 5.83. The van der Waals surface area contributed by atoms with E-state index in [1.54, 1.807) is 6.20 Å². The van der Waals surface area contributed by atoms with Crippen molar-refractivity contribution in [2.45, 2.75) is 13.5 Å². The number of pyridine rings is 1. The zero-order chi connectivity index (χ0) is 7.40. The summed E-state index contributed by atoms with van der Waals surface area (Å²) in [6, 6.07) is 3.83. The summed E-state index contributed by atoms with van der Waals surface area (Å²) in [6.45, 7) is 2.38. The molecule has 3 heteroatoms. The summed E-state index contributed by atoms with van der Waals surface area (Å²) < 4.78 is 0. The molecule has 0 unspecified atom stereocenters. The minimum atomic E-state index is 0.403. The molecular weight excluding hydrogens is 128 g/mol. The normalized spacial score (nSPS) is 9.80. The molecule has 0 atom stereocenters. The van der Waals surface area contributed by atoms with Crippen LogP contribution in [0.4, 0.5) is 0 Å². The lowest BCUT2D eigenvalue weighted by Crippen LogP contribution is -2.07. The molecule has 0 amide bonds. The highest BCUT2D eigenvalue weighted by molar-refractivity contribution is 5.11. The number of nitrogens with zero attached hydrogens (tertiary/aromatic N) is 1. The predicted molar refractivity (Wildman–Crippen MR) is 37.6 cm³/mol. The molecule has 10 heavy (non-hydrogen) atoms. The third-order valence-electron chi connectivity index (χ3n) is 1.23. The SMILES string of the molecule is Cc1ccc(CNO)nc1. The lowest BCUT2D eigenvalue weighted by molar-refractivity contribution is 0.160. The molecule has 1 rings (SSSR count). The average molecular weight is 138 g/mol. The van der Waals surface area contributed by atoms with Gasteiger partial charge in [0.15, 0.2) is 0 Å². The highest BCUT2D eigenvalue weighted by Gasteiger charge is 1.89. The summed E-state index contributed by atoms with van der Waals surface area (Å²) >= 11 is 0. The van der Waals surface area contributed by atoms with Gasteiger partial charge in [0.25, 0.3) is 0 Å². The van der Waals surface area contributed by atoms with E-state index >= 15 is 0 Å². The third kappa shape index (κ3) is 1.79. The van der Waals surface area contributed by atoms with Gasteiger partial charge in [-0.3, -0.25) is 4.98 Å². The molecule has 3 nitrogen and oxygen atoms in total. The lowest BCUT2D eigenvalue weighted by atomic mass is 10.3. The van der Waals surface area contributed by atoms with Crippen LogP contribution in [-0.2, 0) is 6.54 Å². The van der Waals surface area contributed by atoms with Crippen LogP contribution in [0.5, 0.6) is 0 Å². The van der Waals surface area contributed by atoms with Crippen molar-refractivity contribution in [2.24, 2.45) is 0 Å². The van der Waals surface area contributed by atoms with Crippen LogP contribution in [0, 0.1) is 6.92 Å². The van der Waals surface area contributed by atoms with E-state index in [0.717, 1.165) is 11.3 Å². The van der Waals surface area contributed by atoms with Gasteiger partial charge in [0.1, 0.15) is 0 Å². The zero-order valence-corrected chi connectivity index (χ0v) is 5.83. The van der Waals surface area contributed by atoms with Crippen LogP contribution >= 0.6 is 0 Å². The Morgan fingerprint density at radius 1 is 1.60 bits per heavy atom. The maximum absolute atomic E-state index is 8.30. The van der Waals surface area contributed by atoms with E-state index in [0.29, 0.717) is 6.54 Å². The van der Waals surface area contributed by atoms with Crippen LogP contribution < -0.4 is 5.48 Å². The molecule has 0 bridgehead atoms. The molecule has 0 aliphatic carbocycles. The van der Waals surface area contributed by atoms with Crippen LogP contribution in [-0.4, -0.2) is 10.2 Å². The fraction of sp³-hybridized carbons (Fsp3) is 0.286. The molecule has 0 aliphatic rings. The molecule has 1 aromatic heterocycles. The molecule has 1 aromatic rings. The Morgan fingerprint density at radius 2 is 2.40 bits per heavy atom. The first-order chi connectivity index (χ1) is 4.83. The first-order valence-corrected chi connectivity index (χ1v) is 3.11. The van der Waals surface area contributed by atoms with Crippen LogP contribution in [0.1, 0.15) is 11.3 Å². The molecule has 0 radical (unpaired) electrons. The first-order valence-electron chi connectivity index (χ1n) is 3.11. The van der Waals surface area contributed by atoms with E-state index in [4.69, 9.17) is 5.21 Å². The summed E-state index contributed by atoms with van der Waals surface area (Å²) in [5, 5.41) is 8.30. The number of hydroxylamine groups is 1. The van der Waals surface area contributed by atoms with Crippen molar-refractivity contribution in [3.8, 4) is 0 Å². The van der Waals surface area contributed by atoms with E-state index < -0.39 is 0 Å². The molecular formula is C7H10N2O. The van der Waals surface area contributed by atoms with Gasteiger partial charge in [-0.2, -0.15) is 5.48 Å². The van der Waals surface area contributed by atoms with Crippen molar-refractivity contribution in [3.63, 3.8) is 0 Å². The molecule has 0 aromatic carbocycles. The minimum absolute atomic E-state index is 0.403. The second kappa shape index (κ2) is 3.29. The summed E-state index contributed by atoms with van der Waals surface area (Å²) in [5.74, 6) is 0. The van der Waals surface area contributed by atoms with Crippen molar-refractivity contribution in [1.82, 2.24) is 10.5 Å². The molecule has 0 saturated carbocycles. The molecule has 0 aliphatic heterocycles. The minimum Gasteiger partial charge on any atom is -0.316 e. The van der Waals surface area contributed by atoms with Crippen LogP contribution in [0.25, 0.3) is 0 Å². The Kier molecular flexibility index (Phi) is 2.36. The van der Waals surface area contributed by atoms with E-state index in [2.05, 4.69) is 4.98 Å². The van der Waals surface area contributed by atoms with Gasteiger partial charge in [-0.25, -0.2) is 0 Å². The van der Waals surface area contributed by atoms with E-state index in [-0.39, 0.29) is 0 Å². The van der Waals surface area contributed by atoms with Crippen molar-refractivity contribution in [1.29, 1.82) is 0 Å². The number of hydrogen-bond acceptors (Lipinski definition) is 3. The predicted octanol–water partition coefficient (Wildman–Crippen LogP) is 0.869. The molecule has 2 N–H and O–H groups in total. The fourth-order valence-electron chi connectivity index (χ4n) is 0.684. The van der Waals surface area contributed by atoms with Crippen molar-refractivity contribution in [3.05, 3.63) is 29.6 Å². The van der Waals surface area contributed by atoms with Gasteiger partial charge >= 0.3 is 0 Å². The van der Waals surface area contributed by atoms with E-state index in [1.807, 2.05) is 24.5 Å². The molecule has 0 fully saturated rings. The monoisotopic (exact) mass is 138 g/mol. The van der Waals surface area contributed by atoms with Crippen LogP contribution in [0.2, 0.25) is 0 Å². The molecule has 1 heterocycles. The number of nitrogens with one attached hydrogen (secondary N) is 1. The van der Waals surface area contributed by atoms with Gasteiger partial charge in [-0.05, 0) is 18.6 Å². The second-order valence-corrected chi connectivity index (χ2v) is 2.16. The smallest absolute Gasteiger partial charge is 0.0631 e. The van der Waals surface area contributed by atoms with Gasteiger partial charge in [-0.1, -0.05) is 6.07 Å². The Bertz CT molecular complexity index is 195. The Morgan fingerprint density at radius 3 is 2.90 bits per heavy atom. The van der Waals surface area contributed by atoms with E-state index in [1.165, 1.54) is 0 Å². The number of rotatable bonds is 2. The highest BCUT2D eigenvalue weighted by atomic mass is 16.5. The van der Waals surface area contributed by atoms with E-state index in [9.17, 15) is 0 Å². The molecule has 54 valence electrons. The molecule has 0 saturated heterocycles. The fourth-order valence-corrected chi connectivity index (χ4v) is 0.684. The Balaban J connectivity index is 2.69. The number of aryl methyl sites for hydroxylation is 1. The average Bonchev–Trinajstić information content (AvgIpc) is 1.95. The standard InChI is InChI=1S/C7H10N2O/c1-6-2-3-7(5-9-10)8-4-6/h2-4,9-10H,5H2,1H3. The van der Waals surface area contributed by atoms with Crippen molar-refractivity contribution in [2.75, 3.05) is 0 Å².